The second kappa shape index (κ2) is 7.12. The number of nitrogens with one attached hydrogen (secondary N) is 1. The van der Waals surface area contributed by atoms with Crippen LogP contribution in [0.5, 0.6) is 5.75 Å². The molecule has 5 rings (SSSR count). The van der Waals surface area contributed by atoms with Gasteiger partial charge in [0.25, 0.3) is 0 Å². The molecule has 2 heterocycles. The maximum Gasteiger partial charge on any atom is 0.247 e. The molecular weight excluding hydrogens is 348 g/mol. The van der Waals surface area contributed by atoms with Crippen LogP contribution in [0.15, 0.2) is 66.5 Å². The van der Waals surface area contributed by atoms with Crippen LogP contribution >= 0.6 is 0 Å². The van der Waals surface area contributed by atoms with Crippen LogP contribution in [0.3, 0.4) is 0 Å². The van der Waals surface area contributed by atoms with E-state index in [1.165, 1.54) is 16.3 Å². The first-order valence-electron chi connectivity index (χ1n) is 9.88. The Morgan fingerprint density at radius 2 is 2.14 bits per heavy atom. The summed E-state index contributed by atoms with van der Waals surface area (Å²) in [5, 5.41) is 5.46. The summed E-state index contributed by atoms with van der Waals surface area (Å²) in [4.78, 5) is 16.4. The van der Waals surface area contributed by atoms with Gasteiger partial charge in [0.05, 0.1) is 6.54 Å². The predicted octanol–water partition coefficient (Wildman–Crippen LogP) is 4.43. The van der Waals surface area contributed by atoms with Gasteiger partial charge in [0.15, 0.2) is 0 Å². The van der Waals surface area contributed by atoms with E-state index in [1.54, 1.807) is 6.20 Å². The number of nitrogens with zero attached hydrogens (tertiary/aromatic N) is 1. The van der Waals surface area contributed by atoms with Gasteiger partial charge in [-0.05, 0) is 53.8 Å². The van der Waals surface area contributed by atoms with Gasteiger partial charge < -0.3 is 10.1 Å². The van der Waals surface area contributed by atoms with E-state index in [2.05, 4.69) is 40.6 Å². The average molecular weight is 370 g/mol. The smallest absolute Gasteiger partial charge is 0.247 e. The molecule has 1 unspecified atom stereocenters. The summed E-state index contributed by atoms with van der Waals surface area (Å²) in [6.45, 7) is 0.542. The van der Waals surface area contributed by atoms with Gasteiger partial charge in [0.1, 0.15) is 11.9 Å². The van der Waals surface area contributed by atoms with E-state index in [-0.39, 0.29) is 12.0 Å². The fourth-order valence-corrected chi connectivity index (χ4v) is 4.17. The van der Waals surface area contributed by atoms with E-state index in [4.69, 9.17) is 4.74 Å². The van der Waals surface area contributed by atoms with E-state index in [1.807, 2.05) is 24.4 Å². The minimum atomic E-state index is -0.00967. The topological polar surface area (TPSA) is 51.2 Å². The number of carbonyl (C=O) groups is 1. The summed E-state index contributed by atoms with van der Waals surface area (Å²) in [7, 11) is 0. The Morgan fingerprint density at radius 1 is 1.18 bits per heavy atom. The Kier molecular flexibility index (Phi) is 4.32. The van der Waals surface area contributed by atoms with Crippen molar-refractivity contribution in [2.45, 2.75) is 31.8 Å². The molecule has 4 heteroatoms. The highest BCUT2D eigenvalue weighted by atomic mass is 16.5. The third-order valence-electron chi connectivity index (χ3n) is 5.63. The molecule has 1 amide bonds. The van der Waals surface area contributed by atoms with E-state index in [0.717, 1.165) is 48.1 Å². The van der Waals surface area contributed by atoms with Crippen molar-refractivity contribution in [2.75, 3.05) is 6.54 Å². The Morgan fingerprint density at radius 3 is 2.96 bits per heavy atom. The van der Waals surface area contributed by atoms with Crippen molar-refractivity contribution in [1.29, 1.82) is 0 Å². The lowest BCUT2D eigenvalue weighted by molar-refractivity contribution is -0.117. The second-order valence-corrected chi connectivity index (χ2v) is 7.50. The number of pyridine rings is 1. The van der Waals surface area contributed by atoms with Crippen molar-refractivity contribution >= 4 is 16.7 Å². The molecule has 0 radical (unpaired) electrons. The van der Waals surface area contributed by atoms with Crippen molar-refractivity contribution in [1.82, 2.24) is 10.3 Å². The molecule has 0 saturated carbocycles. The molecule has 3 aromatic rings. The Balaban J connectivity index is 1.34. The zero-order chi connectivity index (χ0) is 18.9. The molecule has 0 spiro atoms. The number of aromatic nitrogens is 1. The number of hydrogen-bond acceptors (Lipinski definition) is 3. The summed E-state index contributed by atoms with van der Waals surface area (Å²) in [6, 6.07) is 14.7. The molecule has 1 atom stereocenters. The Hall–Kier alpha value is -3.14. The fraction of sp³-hybridized carbons (Fsp3) is 0.250. The molecule has 28 heavy (non-hydrogen) atoms. The Labute approximate surface area is 164 Å². The number of carbonyl (C=O) groups excluding carboxylic acids is 1. The first-order chi connectivity index (χ1) is 13.8. The Bertz CT molecular complexity index is 1070. The van der Waals surface area contributed by atoms with Crippen molar-refractivity contribution < 1.29 is 9.53 Å². The lowest BCUT2D eigenvalue weighted by atomic mass is 9.97. The maximum atomic E-state index is 12.2. The number of fused-ring (bicyclic) bond motifs is 3. The zero-order valence-electron chi connectivity index (χ0n) is 15.7. The van der Waals surface area contributed by atoms with Crippen molar-refractivity contribution in [3.8, 4) is 16.9 Å². The molecular formula is C24H22N2O2. The summed E-state index contributed by atoms with van der Waals surface area (Å²) in [5.41, 5.74) is 4.43. The first-order valence-corrected chi connectivity index (χ1v) is 9.88. The number of hydrogen-bond donors (Lipinski definition) is 1. The molecule has 1 N–H and O–H groups in total. The molecule has 1 aliphatic heterocycles. The normalized spacial score (nSPS) is 17.9. The van der Waals surface area contributed by atoms with Gasteiger partial charge in [0, 0.05) is 35.5 Å². The monoisotopic (exact) mass is 370 g/mol. The van der Waals surface area contributed by atoms with Crippen LogP contribution in [0.25, 0.3) is 21.9 Å². The first kappa shape index (κ1) is 17.0. The third kappa shape index (κ3) is 3.15. The molecule has 4 nitrogen and oxygen atoms in total. The quantitative estimate of drug-likeness (QED) is 0.739. The lowest BCUT2D eigenvalue weighted by Gasteiger charge is -2.12. The van der Waals surface area contributed by atoms with E-state index in [9.17, 15) is 4.79 Å². The third-order valence-corrected chi connectivity index (χ3v) is 5.63. The number of allylic oxidation sites excluding steroid dienone is 1. The van der Waals surface area contributed by atoms with Crippen LogP contribution in [-0.4, -0.2) is 23.5 Å². The van der Waals surface area contributed by atoms with Crippen LogP contribution in [0, 0.1) is 0 Å². The standard InChI is InChI=1S/C24H22N2O2/c27-24(16-4-1-2-5-16)26-15-20-13-22-21-9-7-17(19-6-3-11-25-14-19)12-18(21)8-10-23(22)28-20/h3-4,6-12,14,20H,1-2,5,13,15H2,(H,26,27). The van der Waals surface area contributed by atoms with Gasteiger partial charge in [-0.1, -0.05) is 30.3 Å². The average Bonchev–Trinajstić information content (AvgIpc) is 3.42. The van der Waals surface area contributed by atoms with Gasteiger partial charge in [-0.3, -0.25) is 9.78 Å². The van der Waals surface area contributed by atoms with Crippen LogP contribution < -0.4 is 10.1 Å². The summed E-state index contributed by atoms with van der Waals surface area (Å²) < 4.78 is 6.10. The van der Waals surface area contributed by atoms with Gasteiger partial charge >= 0.3 is 0 Å². The summed E-state index contributed by atoms with van der Waals surface area (Å²) >= 11 is 0. The summed E-state index contributed by atoms with van der Waals surface area (Å²) in [6.07, 6.45) is 9.52. The van der Waals surface area contributed by atoms with Crippen molar-refractivity contribution in [2.24, 2.45) is 0 Å². The highest BCUT2D eigenvalue weighted by molar-refractivity contribution is 5.94. The SMILES string of the molecule is O=C(NCC1Cc2c(ccc3cc(-c4cccnc4)ccc23)O1)C1=CCCC1. The van der Waals surface area contributed by atoms with Crippen molar-refractivity contribution in [3.05, 3.63) is 72.1 Å². The number of benzene rings is 2. The highest BCUT2D eigenvalue weighted by Crippen LogP contribution is 2.36. The molecule has 0 fully saturated rings. The van der Waals surface area contributed by atoms with E-state index < -0.39 is 0 Å². The van der Waals surface area contributed by atoms with Gasteiger partial charge in [-0.15, -0.1) is 0 Å². The molecule has 1 aromatic heterocycles. The zero-order valence-corrected chi connectivity index (χ0v) is 15.7. The largest absolute Gasteiger partial charge is 0.488 e. The predicted molar refractivity (Wildman–Crippen MR) is 110 cm³/mol. The van der Waals surface area contributed by atoms with E-state index in [0.29, 0.717) is 6.54 Å². The van der Waals surface area contributed by atoms with Crippen LogP contribution in [0.4, 0.5) is 0 Å². The van der Waals surface area contributed by atoms with Gasteiger partial charge in [-0.2, -0.15) is 0 Å². The van der Waals surface area contributed by atoms with Crippen LogP contribution in [-0.2, 0) is 11.2 Å². The van der Waals surface area contributed by atoms with Crippen molar-refractivity contribution in [3.63, 3.8) is 0 Å². The molecule has 2 aromatic carbocycles. The highest BCUT2D eigenvalue weighted by Gasteiger charge is 2.25. The molecule has 0 saturated heterocycles. The minimum absolute atomic E-state index is 0.00967. The molecule has 140 valence electrons. The fourth-order valence-electron chi connectivity index (χ4n) is 4.17. The van der Waals surface area contributed by atoms with E-state index >= 15 is 0 Å². The minimum Gasteiger partial charge on any atom is -0.488 e. The van der Waals surface area contributed by atoms with Gasteiger partial charge in [0.2, 0.25) is 5.91 Å². The number of rotatable bonds is 4. The molecule has 0 bridgehead atoms. The molecule has 2 aliphatic rings. The lowest BCUT2D eigenvalue weighted by Crippen LogP contribution is -2.35. The second-order valence-electron chi connectivity index (χ2n) is 7.50. The summed E-state index contributed by atoms with van der Waals surface area (Å²) in [5.74, 6) is 0.990. The number of amides is 1. The maximum absolute atomic E-state index is 12.2. The van der Waals surface area contributed by atoms with Crippen LogP contribution in [0.2, 0.25) is 0 Å². The molecule has 1 aliphatic carbocycles. The number of ether oxygens (including phenoxy) is 1. The van der Waals surface area contributed by atoms with Crippen LogP contribution in [0.1, 0.15) is 24.8 Å². The van der Waals surface area contributed by atoms with Gasteiger partial charge in [-0.25, -0.2) is 0 Å².